The number of fused-ring (bicyclic) bond motifs is 1. The van der Waals surface area contributed by atoms with E-state index in [0.29, 0.717) is 25.0 Å². The molecule has 0 radical (unpaired) electrons. The molecule has 0 unspecified atom stereocenters. The van der Waals surface area contributed by atoms with Gasteiger partial charge in [-0.2, -0.15) is 0 Å². The number of rotatable bonds is 3. The molecule has 1 aliphatic rings. The van der Waals surface area contributed by atoms with Crippen molar-refractivity contribution in [3.05, 3.63) is 72.4 Å². The zero-order chi connectivity index (χ0) is 17.6. The van der Waals surface area contributed by atoms with E-state index in [4.69, 9.17) is 12.2 Å². The van der Waals surface area contributed by atoms with Crippen LogP contribution < -0.4 is 16.0 Å². The molecule has 25 heavy (non-hydrogen) atoms. The van der Waals surface area contributed by atoms with Crippen molar-refractivity contribution in [2.75, 3.05) is 5.43 Å². The fraction of sp³-hybridized carbons (Fsp3) is 0. The summed E-state index contributed by atoms with van der Waals surface area (Å²) in [5.74, 6) is -0.489. The van der Waals surface area contributed by atoms with Gasteiger partial charge in [0.1, 0.15) is 4.88 Å². The topological polar surface area (TPSA) is 66.6 Å². The number of nitrogens with zero attached hydrogens (tertiary/aromatic N) is 2. The number of halogens is 1. The minimum absolute atomic E-state index is 0.106. The monoisotopic (exact) mass is 431 g/mol. The molecule has 1 amide bonds. The summed E-state index contributed by atoms with van der Waals surface area (Å²) in [6, 6.07) is 14.8. The van der Waals surface area contributed by atoms with Crippen molar-refractivity contribution in [1.29, 1.82) is 0 Å². The van der Waals surface area contributed by atoms with E-state index in [1.807, 2.05) is 42.5 Å². The molecular formula is C17H10BrN3O2S2. The molecule has 3 aromatic rings. The maximum absolute atomic E-state index is 12.4. The molecule has 0 aliphatic carbocycles. The van der Waals surface area contributed by atoms with Crippen molar-refractivity contribution < 1.29 is 9.90 Å². The number of thiazole rings is 1. The third kappa shape index (κ3) is 2.82. The second kappa shape index (κ2) is 6.21. The average molecular weight is 432 g/mol. The standard InChI is InChI=1S/C17H10BrN3O2S2/c18-9-6-7-12-11(8-9)13(15(22)19-12)14-16(23)21(17(24)25-14)20-10-4-2-1-3-5-10/h1-8,20,23H. The van der Waals surface area contributed by atoms with Crippen LogP contribution in [0.15, 0.2) is 58.0 Å². The minimum Gasteiger partial charge on any atom is -0.492 e. The third-order valence-electron chi connectivity index (χ3n) is 3.69. The van der Waals surface area contributed by atoms with Gasteiger partial charge in [-0.1, -0.05) is 45.5 Å². The first-order valence-electron chi connectivity index (χ1n) is 7.25. The minimum atomic E-state index is -0.383. The first kappa shape index (κ1) is 16.2. The Labute approximate surface area is 159 Å². The van der Waals surface area contributed by atoms with Crippen molar-refractivity contribution in [2.45, 2.75) is 0 Å². The Morgan fingerprint density at radius 2 is 1.96 bits per heavy atom. The maximum Gasteiger partial charge on any atom is 0.279 e. The highest BCUT2D eigenvalue weighted by atomic mass is 79.9. The van der Waals surface area contributed by atoms with Crippen molar-refractivity contribution in [3.63, 3.8) is 0 Å². The van der Waals surface area contributed by atoms with Crippen LogP contribution in [0.3, 0.4) is 0 Å². The normalized spacial score (nSPS) is 12.8. The van der Waals surface area contributed by atoms with Crippen LogP contribution in [-0.4, -0.2) is 15.7 Å². The van der Waals surface area contributed by atoms with Crippen molar-refractivity contribution in [3.8, 4) is 5.88 Å². The lowest BCUT2D eigenvalue weighted by atomic mass is 10.1. The third-order valence-corrected chi connectivity index (χ3v) is 5.57. The summed E-state index contributed by atoms with van der Waals surface area (Å²) in [7, 11) is 0. The van der Waals surface area contributed by atoms with E-state index in [9.17, 15) is 9.90 Å². The number of hydrogen-bond acceptors (Lipinski definition) is 5. The largest absolute Gasteiger partial charge is 0.492 e. The first-order chi connectivity index (χ1) is 12.0. The zero-order valence-electron chi connectivity index (χ0n) is 12.6. The van der Waals surface area contributed by atoms with Crippen molar-refractivity contribution in [1.82, 2.24) is 4.68 Å². The summed E-state index contributed by atoms with van der Waals surface area (Å²) >= 11 is 9.92. The SMILES string of the molecule is O=C1N=c2ccc(Br)cc2=C1c1sc(=S)n(Nc2ccccc2)c1O. The van der Waals surface area contributed by atoms with Gasteiger partial charge in [0.25, 0.3) is 5.91 Å². The molecule has 2 aromatic carbocycles. The summed E-state index contributed by atoms with van der Waals surface area (Å²) in [4.78, 5) is 16.8. The Hall–Kier alpha value is -2.29. The number of para-hydroxylation sites is 1. The molecule has 0 saturated carbocycles. The molecule has 0 fully saturated rings. The second-order valence-electron chi connectivity index (χ2n) is 5.29. The number of carbonyl (C=O) groups is 1. The zero-order valence-corrected chi connectivity index (χ0v) is 15.8. The van der Waals surface area contributed by atoms with Gasteiger partial charge in [0.15, 0.2) is 3.95 Å². The van der Waals surface area contributed by atoms with E-state index in [1.54, 1.807) is 6.07 Å². The number of nitrogens with one attached hydrogen (secondary N) is 1. The molecule has 0 atom stereocenters. The maximum atomic E-state index is 12.4. The van der Waals surface area contributed by atoms with Gasteiger partial charge in [-0.3, -0.25) is 10.2 Å². The highest BCUT2D eigenvalue weighted by Gasteiger charge is 2.25. The molecule has 2 heterocycles. The summed E-state index contributed by atoms with van der Waals surface area (Å²) < 4.78 is 2.62. The molecule has 8 heteroatoms. The highest BCUT2D eigenvalue weighted by molar-refractivity contribution is 9.10. The average Bonchev–Trinajstić information content (AvgIpc) is 3.05. The van der Waals surface area contributed by atoms with Crippen LogP contribution in [0.25, 0.3) is 5.57 Å². The van der Waals surface area contributed by atoms with Crippen LogP contribution in [0.2, 0.25) is 0 Å². The molecule has 1 aliphatic heterocycles. The molecule has 0 saturated heterocycles. The van der Waals surface area contributed by atoms with Crippen molar-refractivity contribution in [2.24, 2.45) is 4.99 Å². The molecule has 5 nitrogen and oxygen atoms in total. The molecule has 124 valence electrons. The van der Waals surface area contributed by atoms with E-state index in [2.05, 4.69) is 26.3 Å². The quantitative estimate of drug-likeness (QED) is 0.625. The van der Waals surface area contributed by atoms with E-state index in [1.165, 1.54) is 4.68 Å². The van der Waals surface area contributed by atoms with Crippen LogP contribution in [-0.2, 0) is 4.79 Å². The number of carbonyl (C=O) groups excluding carboxylic acids is 1. The van der Waals surface area contributed by atoms with E-state index < -0.39 is 0 Å². The number of aromatic nitrogens is 1. The van der Waals surface area contributed by atoms with Crippen LogP contribution in [0.1, 0.15) is 4.88 Å². The summed E-state index contributed by atoms with van der Waals surface area (Å²) in [5, 5.41) is 11.9. The lowest BCUT2D eigenvalue weighted by Crippen LogP contribution is -2.22. The first-order valence-corrected chi connectivity index (χ1v) is 9.26. The molecule has 4 rings (SSSR count). The van der Waals surface area contributed by atoms with Crippen LogP contribution in [0.5, 0.6) is 5.88 Å². The molecule has 0 spiro atoms. The Morgan fingerprint density at radius 3 is 2.72 bits per heavy atom. The van der Waals surface area contributed by atoms with Gasteiger partial charge in [-0.25, -0.2) is 9.67 Å². The Morgan fingerprint density at radius 1 is 1.20 bits per heavy atom. The molecule has 0 bridgehead atoms. The van der Waals surface area contributed by atoms with Crippen LogP contribution in [0.4, 0.5) is 5.69 Å². The Bertz CT molecular complexity index is 1180. The number of hydrogen-bond donors (Lipinski definition) is 2. The van der Waals surface area contributed by atoms with Crippen LogP contribution >= 0.6 is 39.5 Å². The Kier molecular flexibility index (Phi) is 4.03. The van der Waals surface area contributed by atoms with Gasteiger partial charge in [-0.15, -0.1) is 0 Å². The van der Waals surface area contributed by atoms with Gasteiger partial charge in [0, 0.05) is 9.69 Å². The predicted molar refractivity (Wildman–Crippen MR) is 103 cm³/mol. The molecule has 1 aromatic heterocycles. The van der Waals surface area contributed by atoms with Gasteiger partial charge < -0.3 is 5.11 Å². The fourth-order valence-electron chi connectivity index (χ4n) is 2.58. The summed E-state index contributed by atoms with van der Waals surface area (Å²) in [6.45, 7) is 0. The van der Waals surface area contributed by atoms with Crippen molar-refractivity contribution >= 4 is 56.7 Å². The van der Waals surface area contributed by atoms with E-state index >= 15 is 0 Å². The number of amides is 1. The fourth-order valence-corrected chi connectivity index (χ4v) is 4.20. The Balaban J connectivity index is 1.90. The lowest BCUT2D eigenvalue weighted by molar-refractivity contribution is -0.112. The number of benzene rings is 2. The van der Waals surface area contributed by atoms with Gasteiger partial charge in [0.2, 0.25) is 5.88 Å². The smallest absolute Gasteiger partial charge is 0.279 e. The lowest BCUT2D eigenvalue weighted by Gasteiger charge is -2.08. The van der Waals surface area contributed by atoms with Gasteiger partial charge >= 0.3 is 0 Å². The number of aromatic hydroxyl groups is 1. The van der Waals surface area contributed by atoms with Gasteiger partial charge in [-0.05, 0) is 42.5 Å². The van der Waals surface area contributed by atoms with Crippen LogP contribution in [0, 0.1) is 3.95 Å². The van der Waals surface area contributed by atoms with E-state index in [-0.39, 0.29) is 11.8 Å². The predicted octanol–water partition coefficient (Wildman–Crippen LogP) is 2.98. The molecular weight excluding hydrogens is 422 g/mol. The van der Waals surface area contributed by atoms with E-state index in [0.717, 1.165) is 21.5 Å². The summed E-state index contributed by atoms with van der Waals surface area (Å²) in [6.07, 6.45) is 0. The van der Waals surface area contributed by atoms with Gasteiger partial charge in [0.05, 0.1) is 16.6 Å². The summed E-state index contributed by atoms with van der Waals surface area (Å²) in [5.41, 5.74) is 4.17. The number of anilines is 1. The highest BCUT2D eigenvalue weighted by Crippen LogP contribution is 2.32. The second-order valence-corrected chi connectivity index (χ2v) is 7.85. The molecule has 2 N–H and O–H groups in total.